The second kappa shape index (κ2) is 3.96. The fraction of sp³-hybridized carbons (Fsp3) is 0.556. The van der Waals surface area contributed by atoms with Crippen molar-refractivity contribution >= 4 is 22.9 Å². The van der Waals surface area contributed by atoms with Gasteiger partial charge in [0.1, 0.15) is 0 Å². The summed E-state index contributed by atoms with van der Waals surface area (Å²) in [5.41, 5.74) is 1.19. The first-order valence-electron chi connectivity index (χ1n) is 4.36. The molecule has 2 rings (SSSR count). The van der Waals surface area contributed by atoms with Crippen LogP contribution in [0.25, 0.3) is 0 Å². The van der Waals surface area contributed by atoms with Gasteiger partial charge in [0.15, 0.2) is 0 Å². The van der Waals surface area contributed by atoms with E-state index < -0.39 is 0 Å². The van der Waals surface area contributed by atoms with Crippen LogP contribution in [0, 0.1) is 0 Å². The number of thiophene rings is 1. The molecule has 1 aromatic rings. The van der Waals surface area contributed by atoms with Crippen molar-refractivity contribution in [1.82, 2.24) is 5.32 Å². The van der Waals surface area contributed by atoms with Gasteiger partial charge < -0.3 is 10.1 Å². The van der Waals surface area contributed by atoms with Gasteiger partial charge in [-0.15, -0.1) is 11.3 Å². The third-order valence-corrected chi connectivity index (χ3v) is 3.23. The molecule has 0 saturated carbocycles. The molecule has 1 aliphatic heterocycles. The van der Waals surface area contributed by atoms with E-state index in [4.69, 9.17) is 16.3 Å². The molecule has 0 aromatic carbocycles. The second-order valence-corrected chi connectivity index (χ2v) is 4.82. The summed E-state index contributed by atoms with van der Waals surface area (Å²) in [6.45, 7) is 3.90. The highest BCUT2D eigenvalue weighted by molar-refractivity contribution is 7.14. The van der Waals surface area contributed by atoms with Gasteiger partial charge in [0, 0.05) is 13.1 Å². The Balaban J connectivity index is 2.08. The molecule has 1 N–H and O–H groups in total. The van der Waals surface area contributed by atoms with Crippen molar-refractivity contribution in [3.8, 4) is 0 Å². The topological polar surface area (TPSA) is 21.3 Å². The van der Waals surface area contributed by atoms with Crippen molar-refractivity contribution in [2.75, 3.05) is 13.1 Å². The molecule has 2 nitrogen and oxygen atoms in total. The molecule has 72 valence electrons. The molecule has 1 saturated heterocycles. The van der Waals surface area contributed by atoms with Gasteiger partial charge >= 0.3 is 0 Å². The first kappa shape index (κ1) is 9.46. The SMILES string of the molecule is CC1CNCC(c2csc(Cl)c2)O1. The third kappa shape index (κ3) is 2.23. The van der Waals surface area contributed by atoms with E-state index in [0.29, 0.717) is 0 Å². The number of nitrogens with one attached hydrogen (secondary N) is 1. The lowest BCUT2D eigenvalue weighted by atomic mass is 10.1. The van der Waals surface area contributed by atoms with Gasteiger partial charge in [0.2, 0.25) is 0 Å². The van der Waals surface area contributed by atoms with Crippen LogP contribution in [0.4, 0.5) is 0 Å². The lowest BCUT2D eigenvalue weighted by Gasteiger charge is -2.28. The summed E-state index contributed by atoms with van der Waals surface area (Å²) >= 11 is 7.42. The van der Waals surface area contributed by atoms with Crippen molar-refractivity contribution < 1.29 is 4.74 Å². The van der Waals surface area contributed by atoms with Gasteiger partial charge in [-0.1, -0.05) is 11.6 Å². The zero-order valence-electron chi connectivity index (χ0n) is 7.42. The minimum atomic E-state index is 0.174. The van der Waals surface area contributed by atoms with Crippen LogP contribution in [0.3, 0.4) is 0 Å². The van der Waals surface area contributed by atoms with Gasteiger partial charge in [0.05, 0.1) is 16.5 Å². The number of halogens is 1. The van der Waals surface area contributed by atoms with Gasteiger partial charge in [-0.25, -0.2) is 0 Å². The number of rotatable bonds is 1. The maximum Gasteiger partial charge on any atom is 0.0962 e. The molecule has 0 bridgehead atoms. The molecule has 2 atom stereocenters. The van der Waals surface area contributed by atoms with Crippen molar-refractivity contribution in [3.05, 3.63) is 21.3 Å². The van der Waals surface area contributed by atoms with Crippen molar-refractivity contribution in [2.24, 2.45) is 0 Å². The maximum atomic E-state index is 5.86. The number of morpholine rings is 1. The summed E-state index contributed by atoms with van der Waals surface area (Å²) < 4.78 is 6.60. The molecule has 2 heterocycles. The van der Waals surface area contributed by atoms with Gasteiger partial charge in [-0.3, -0.25) is 0 Å². The highest BCUT2D eigenvalue weighted by Crippen LogP contribution is 2.28. The molecule has 0 radical (unpaired) electrons. The molecule has 13 heavy (non-hydrogen) atoms. The smallest absolute Gasteiger partial charge is 0.0962 e. The van der Waals surface area contributed by atoms with Crippen molar-refractivity contribution in [3.63, 3.8) is 0 Å². The Bertz CT molecular complexity index is 289. The summed E-state index contributed by atoms with van der Waals surface area (Å²) in [4.78, 5) is 0. The fourth-order valence-electron chi connectivity index (χ4n) is 1.48. The Hall–Kier alpha value is -0.0900. The largest absolute Gasteiger partial charge is 0.368 e. The van der Waals surface area contributed by atoms with Crippen LogP contribution >= 0.6 is 22.9 Å². The molecule has 1 aliphatic rings. The summed E-state index contributed by atoms with van der Waals surface area (Å²) in [7, 11) is 0. The Kier molecular flexibility index (Phi) is 2.89. The van der Waals surface area contributed by atoms with Crippen LogP contribution in [0.15, 0.2) is 11.4 Å². The van der Waals surface area contributed by atoms with Gasteiger partial charge in [0.25, 0.3) is 0 Å². The van der Waals surface area contributed by atoms with Crippen molar-refractivity contribution in [2.45, 2.75) is 19.1 Å². The molecule has 0 spiro atoms. The minimum absolute atomic E-state index is 0.174. The Morgan fingerprint density at radius 1 is 1.62 bits per heavy atom. The summed E-state index contributed by atoms with van der Waals surface area (Å²) in [6.07, 6.45) is 0.463. The first-order valence-corrected chi connectivity index (χ1v) is 5.61. The van der Waals surface area contributed by atoms with E-state index in [1.54, 1.807) is 11.3 Å². The number of hydrogen-bond donors (Lipinski definition) is 1. The van der Waals surface area contributed by atoms with Crippen LogP contribution in [-0.2, 0) is 4.74 Å². The normalized spacial score (nSPS) is 29.1. The average Bonchev–Trinajstić information content (AvgIpc) is 2.52. The second-order valence-electron chi connectivity index (χ2n) is 3.28. The van der Waals surface area contributed by atoms with E-state index in [2.05, 4.69) is 17.6 Å². The molecular weight excluding hydrogens is 206 g/mol. The minimum Gasteiger partial charge on any atom is -0.368 e. The third-order valence-electron chi connectivity index (χ3n) is 2.12. The van der Waals surface area contributed by atoms with Gasteiger partial charge in [-0.05, 0) is 23.9 Å². The summed E-state index contributed by atoms with van der Waals surface area (Å²) in [5.74, 6) is 0. The average molecular weight is 218 g/mol. The summed E-state index contributed by atoms with van der Waals surface area (Å²) in [5, 5.41) is 5.39. The highest BCUT2D eigenvalue weighted by Gasteiger charge is 2.20. The van der Waals surface area contributed by atoms with Crippen LogP contribution < -0.4 is 5.32 Å². The van der Waals surface area contributed by atoms with E-state index >= 15 is 0 Å². The van der Waals surface area contributed by atoms with E-state index in [9.17, 15) is 0 Å². The van der Waals surface area contributed by atoms with E-state index in [1.165, 1.54) is 5.56 Å². The summed E-state index contributed by atoms with van der Waals surface area (Å²) in [6, 6.07) is 1.98. The molecule has 0 aliphatic carbocycles. The zero-order chi connectivity index (χ0) is 9.26. The molecule has 1 fully saturated rings. The highest BCUT2D eigenvalue weighted by atomic mass is 35.5. The lowest BCUT2D eigenvalue weighted by molar-refractivity contribution is -0.0285. The molecule has 2 unspecified atom stereocenters. The van der Waals surface area contributed by atoms with Crippen LogP contribution in [0.2, 0.25) is 4.34 Å². The molecule has 4 heteroatoms. The van der Waals surface area contributed by atoms with Crippen LogP contribution in [0.1, 0.15) is 18.6 Å². The molecule has 0 amide bonds. The van der Waals surface area contributed by atoms with Gasteiger partial charge in [-0.2, -0.15) is 0 Å². The van der Waals surface area contributed by atoms with Crippen LogP contribution in [0.5, 0.6) is 0 Å². The predicted molar refractivity (Wildman–Crippen MR) is 55.5 cm³/mol. The standard InChI is InChI=1S/C9H12ClNOS/c1-6-3-11-4-8(12-6)7-2-9(10)13-5-7/h2,5-6,8,11H,3-4H2,1H3. The maximum absolute atomic E-state index is 5.86. The zero-order valence-corrected chi connectivity index (χ0v) is 8.99. The van der Waals surface area contributed by atoms with Crippen LogP contribution in [-0.4, -0.2) is 19.2 Å². The lowest BCUT2D eigenvalue weighted by Crippen LogP contribution is -2.38. The quantitative estimate of drug-likeness (QED) is 0.781. The first-order chi connectivity index (χ1) is 6.25. The molecular formula is C9H12ClNOS. The predicted octanol–water partition coefficient (Wildman–Crippen LogP) is 2.45. The van der Waals surface area contributed by atoms with E-state index in [1.807, 2.05) is 6.07 Å². The van der Waals surface area contributed by atoms with Crippen molar-refractivity contribution in [1.29, 1.82) is 0 Å². The number of hydrogen-bond acceptors (Lipinski definition) is 3. The Morgan fingerprint density at radius 3 is 3.08 bits per heavy atom. The Morgan fingerprint density at radius 2 is 2.46 bits per heavy atom. The monoisotopic (exact) mass is 217 g/mol. The van der Waals surface area contributed by atoms with E-state index in [0.717, 1.165) is 17.4 Å². The fourth-order valence-corrected chi connectivity index (χ4v) is 2.42. The Labute approximate surface area is 86.9 Å². The molecule has 1 aromatic heterocycles. The van der Waals surface area contributed by atoms with E-state index in [-0.39, 0.29) is 12.2 Å². The number of ether oxygens (including phenoxy) is 1.